The lowest BCUT2D eigenvalue weighted by atomic mass is 9.80. The van der Waals surface area contributed by atoms with E-state index in [-0.39, 0.29) is 34.9 Å². The van der Waals surface area contributed by atoms with Gasteiger partial charge in [-0.25, -0.2) is 4.79 Å². The number of aromatic amines is 1. The Labute approximate surface area is 186 Å². The number of H-pyrrole nitrogens is 1. The van der Waals surface area contributed by atoms with Gasteiger partial charge in [0.15, 0.2) is 0 Å². The minimum absolute atomic E-state index is 0.0441. The maximum absolute atomic E-state index is 12.7. The van der Waals surface area contributed by atoms with Crippen LogP contribution in [-0.2, 0) is 16.1 Å². The van der Waals surface area contributed by atoms with Crippen molar-refractivity contribution < 1.29 is 14.7 Å². The zero-order valence-corrected chi connectivity index (χ0v) is 18.2. The molecule has 8 heteroatoms. The van der Waals surface area contributed by atoms with Crippen LogP contribution in [-0.4, -0.2) is 28.0 Å². The number of benzene rings is 1. The number of carboxylic acid groups (broad SMARTS) is 1. The molecule has 2 aliphatic carbocycles. The molecule has 1 aromatic heterocycles. The largest absolute Gasteiger partial charge is 0.550 e. The van der Waals surface area contributed by atoms with Gasteiger partial charge in [-0.05, 0) is 81.3 Å². The summed E-state index contributed by atoms with van der Waals surface area (Å²) < 4.78 is 1.29. The van der Waals surface area contributed by atoms with Crippen LogP contribution in [0.15, 0.2) is 33.9 Å². The van der Waals surface area contributed by atoms with E-state index in [1.165, 1.54) is 4.57 Å². The van der Waals surface area contributed by atoms with Crippen molar-refractivity contribution in [3.63, 3.8) is 0 Å². The Kier molecular flexibility index (Phi) is 6.77. The van der Waals surface area contributed by atoms with Crippen LogP contribution in [0.1, 0.15) is 51.4 Å². The summed E-state index contributed by atoms with van der Waals surface area (Å²) in [5.74, 6) is -0.767. The quantitative estimate of drug-likeness (QED) is 0.698. The zero-order valence-electron chi connectivity index (χ0n) is 18.2. The second-order valence-corrected chi connectivity index (χ2v) is 9.39. The van der Waals surface area contributed by atoms with Gasteiger partial charge in [0.1, 0.15) is 0 Å². The van der Waals surface area contributed by atoms with Gasteiger partial charge in [-0.2, -0.15) is 0 Å². The second kappa shape index (κ2) is 9.71. The molecule has 0 unspecified atom stereocenters. The van der Waals surface area contributed by atoms with Crippen molar-refractivity contribution >= 4 is 22.8 Å². The first kappa shape index (κ1) is 22.3. The van der Waals surface area contributed by atoms with Gasteiger partial charge in [-0.15, -0.1) is 0 Å². The number of rotatable bonds is 6. The van der Waals surface area contributed by atoms with Crippen molar-refractivity contribution in [1.29, 1.82) is 0 Å². The number of aromatic nitrogens is 2. The van der Waals surface area contributed by atoms with Gasteiger partial charge < -0.3 is 20.2 Å². The molecule has 1 aromatic carbocycles. The first-order valence-corrected chi connectivity index (χ1v) is 11.6. The summed E-state index contributed by atoms with van der Waals surface area (Å²) in [5.41, 5.74) is -0.105. The highest BCUT2D eigenvalue weighted by molar-refractivity contribution is 5.78. The Morgan fingerprint density at radius 3 is 2.25 bits per heavy atom. The van der Waals surface area contributed by atoms with E-state index in [1.807, 2.05) is 0 Å². The van der Waals surface area contributed by atoms with E-state index >= 15 is 0 Å². The maximum Gasteiger partial charge on any atom is 0.328 e. The van der Waals surface area contributed by atoms with E-state index in [0.717, 1.165) is 38.5 Å². The fraction of sp³-hybridized carbons (Fsp3) is 0.583. The minimum atomic E-state index is -0.961. The maximum atomic E-state index is 12.7. The number of aliphatic carboxylic acids is 1. The molecule has 0 saturated heterocycles. The van der Waals surface area contributed by atoms with E-state index < -0.39 is 5.97 Å². The Morgan fingerprint density at radius 1 is 0.938 bits per heavy atom. The highest BCUT2D eigenvalue weighted by Crippen LogP contribution is 2.31. The van der Waals surface area contributed by atoms with Gasteiger partial charge in [-0.1, -0.05) is 12.1 Å². The van der Waals surface area contributed by atoms with Crippen molar-refractivity contribution in [2.45, 2.75) is 57.9 Å². The Morgan fingerprint density at radius 2 is 1.56 bits per heavy atom. The van der Waals surface area contributed by atoms with Gasteiger partial charge in [0.25, 0.3) is 5.56 Å². The molecule has 8 nitrogen and oxygen atoms in total. The van der Waals surface area contributed by atoms with E-state index in [0.29, 0.717) is 42.8 Å². The normalized spacial score (nSPS) is 26.0. The first-order chi connectivity index (χ1) is 15.4. The molecule has 2 N–H and O–H groups in total. The summed E-state index contributed by atoms with van der Waals surface area (Å²) in [7, 11) is 0. The van der Waals surface area contributed by atoms with Gasteiger partial charge >= 0.3 is 5.69 Å². The van der Waals surface area contributed by atoms with Crippen LogP contribution in [0.4, 0.5) is 0 Å². The minimum Gasteiger partial charge on any atom is -0.550 e. The van der Waals surface area contributed by atoms with Crippen molar-refractivity contribution in [2.24, 2.45) is 23.7 Å². The topological polar surface area (TPSA) is 124 Å². The summed E-state index contributed by atoms with van der Waals surface area (Å²) in [6, 6.07) is 7.01. The predicted molar refractivity (Wildman–Crippen MR) is 118 cm³/mol. The molecule has 0 aliphatic heterocycles. The van der Waals surface area contributed by atoms with Crippen molar-refractivity contribution in [1.82, 2.24) is 14.9 Å². The van der Waals surface area contributed by atoms with Crippen LogP contribution >= 0.6 is 0 Å². The third kappa shape index (κ3) is 4.95. The fourth-order valence-electron chi connectivity index (χ4n) is 5.22. The average Bonchev–Trinajstić information content (AvgIpc) is 2.81. The van der Waals surface area contributed by atoms with Crippen LogP contribution in [0.3, 0.4) is 0 Å². The summed E-state index contributed by atoms with van der Waals surface area (Å²) in [6.07, 6.45) is 5.95. The molecule has 32 heavy (non-hydrogen) atoms. The van der Waals surface area contributed by atoms with E-state index in [2.05, 4.69) is 10.3 Å². The van der Waals surface area contributed by atoms with Crippen LogP contribution in [0.2, 0.25) is 0 Å². The van der Waals surface area contributed by atoms with Gasteiger partial charge in [-0.3, -0.25) is 14.2 Å². The van der Waals surface area contributed by atoms with E-state index in [4.69, 9.17) is 0 Å². The average molecular weight is 441 g/mol. The van der Waals surface area contributed by atoms with Crippen LogP contribution < -0.4 is 21.7 Å². The van der Waals surface area contributed by atoms with E-state index in [9.17, 15) is 24.3 Å². The number of carbonyl (C=O) groups is 2. The summed E-state index contributed by atoms with van der Waals surface area (Å²) in [5, 5.41) is 14.5. The first-order valence-electron chi connectivity index (χ1n) is 11.6. The van der Waals surface area contributed by atoms with Crippen molar-refractivity contribution in [2.75, 3.05) is 6.54 Å². The highest BCUT2D eigenvalue weighted by atomic mass is 16.4. The summed E-state index contributed by atoms with van der Waals surface area (Å²) in [4.78, 5) is 51.5. The SMILES string of the molecule is O=C([O-])C1CCC(CNC(=O)C2CCC(Cn3c(=O)[nH]c4ccccc4c3=O)CC2)CC1. The molecular formula is C24H30N3O5-. The lowest BCUT2D eigenvalue weighted by molar-refractivity contribution is -0.312. The molecule has 0 atom stereocenters. The molecule has 2 saturated carbocycles. The van der Waals surface area contributed by atoms with Gasteiger partial charge in [0.05, 0.1) is 10.9 Å². The van der Waals surface area contributed by atoms with Crippen molar-refractivity contribution in [3.8, 4) is 0 Å². The highest BCUT2D eigenvalue weighted by Gasteiger charge is 2.28. The van der Waals surface area contributed by atoms with Gasteiger partial charge in [0.2, 0.25) is 5.91 Å². The number of carboxylic acids is 1. The molecule has 0 radical (unpaired) electrons. The summed E-state index contributed by atoms with van der Waals surface area (Å²) >= 11 is 0. The Bertz CT molecular complexity index is 1090. The number of hydrogen-bond acceptors (Lipinski definition) is 5. The van der Waals surface area contributed by atoms with Crippen LogP contribution in [0.5, 0.6) is 0 Å². The number of hydrogen-bond donors (Lipinski definition) is 2. The lowest BCUT2D eigenvalue weighted by Crippen LogP contribution is -2.40. The number of amides is 1. The molecule has 4 rings (SSSR count). The molecular weight excluding hydrogens is 410 g/mol. The number of para-hydroxylation sites is 1. The Balaban J connectivity index is 1.26. The summed E-state index contributed by atoms with van der Waals surface area (Å²) in [6.45, 7) is 0.968. The number of carbonyl (C=O) groups excluding carboxylic acids is 2. The van der Waals surface area contributed by atoms with Crippen LogP contribution in [0.25, 0.3) is 10.9 Å². The molecule has 0 spiro atoms. The Hall–Kier alpha value is -2.90. The molecule has 172 valence electrons. The predicted octanol–water partition coefficient (Wildman–Crippen LogP) is 1.17. The van der Waals surface area contributed by atoms with E-state index in [1.54, 1.807) is 24.3 Å². The molecule has 0 bridgehead atoms. The fourth-order valence-corrected chi connectivity index (χ4v) is 5.22. The number of nitrogens with one attached hydrogen (secondary N) is 2. The zero-order chi connectivity index (χ0) is 22.7. The molecule has 1 heterocycles. The second-order valence-electron chi connectivity index (χ2n) is 9.39. The third-order valence-electron chi connectivity index (χ3n) is 7.29. The lowest BCUT2D eigenvalue weighted by Gasteiger charge is -2.31. The third-order valence-corrected chi connectivity index (χ3v) is 7.29. The van der Waals surface area contributed by atoms with Crippen molar-refractivity contribution in [3.05, 3.63) is 45.1 Å². The number of nitrogens with zero attached hydrogens (tertiary/aromatic N) is 1. The molecule has 2 fully saturated rings. The smallest absolute Gasteiger partial charge is 0.328 e. The van der Waals surface area contributed by atoms with Crippen LogP contribution in [0, 0.1) is 23.7 Å². The molecule has 1 amide bonds. The standard InChI is InChI=1S/C24H31N3O5/c28-21(25-13-15-5-11-18(12-6-15)23(30)31)17-9-7-16(8-10-17)14-27-22(29)19-3-1-2-4-20(19)26-24(27)32/h1-4,15-18H,5-14H2,(H,25,28)(H,26,32)(H,30,31)/p-1. The molecule has 2 aromatic rings. The molecule has 2 aliphatic rings. The van der Waals surface area contributed by atoms with Gasteiger partial charge in [0, 0.05) is 25.0 Å². The monoisotopic (exact) mass is 440 g/mol. The number of fused-ring (bicyclic) bond motifs is 1.